The van der Waals surface area contributed by atoms with Gasteiger partial charge in [-0.15, -0.1) is 0 Å². The summed E-state index contributed by atoms with van der Waals surface area (Å²) in [6, 6.07) is 4.53. The zero-order valence-corrected chi connectivity index (χ0v) is 11.8. The molecule has 0 saturated heterocycles. The standard InChI is InChI=1S/C14H21ClFNO/c1-3-8-17-14(7-9-18-4-2)12-10-11(16)5-6-13(12)15/h5-6,10,14,17H,3-4,7-9H2,1-2H3. The van der Waals surface area contributed by atoms with Crippen LogP contribution in [-0.2, 0) is 4.74 Å². The molecule has 1 aromatic carbocycles. The van der Waals surface area contributed by atoms with Crippen LogP contribution in [0.2, 0.25) is 5.02 Å². The van der Waals surface area contributed by atoms with Crippen molar-refractivity contribution in [2.75, 3.05) is 19.8 Å². The minimum Gasteiger partial charge on any atom is -0.382 e. The molecule has 0 saturated carbocycles. The normalized spacial score (nSPS) is 12.7. The molecule has 1 rings (SSSR count). The lowest BCUT2D eigenvalue weighted by molar-refractivity contribution is 0.136. The Balaban J connectivity index is 2.75. The zero-order valence-electron chi connectivity index (χ0n) is 11.0. The van der Waals surface area contributed by atoms with Gasteiger partial charge in [-0.2, -0.15) is 0 Å². The molecule has 2 nitrogen and oxygen atoms in total. The van der Waals surface area contributed by atoms with Gasteiger partial charge in [-0.3, -0.25) is 0 Å². The fourth-order valence-corrected chi connectivity index (χ4v) is 2.06. The number of halogens is 2. The first-order valence-electron chi connectivity index (χ1n) is 6.45. The second-order valence-corrected chi connectivity index (χ2v) is 4.57. The topological polar surface area (TPSA) is 21.3 Å². The van der Waals surface area contributed by atoms with Crippen LogP contribution >= 0.6 is 11.6 Å². The second kappa shape index (κ2) is 8.46. The van der Waals surface area contributed by atoms with Crippen molar-refractivity contribution in [2.24, 2.45) is 0 Å². The van der Waals surface area contributed by atoms with Gasteiger partial charge in [0.25, 0.3) is 0 Å². The molecule has 1 aromatic rings. The molecule has 0 fully saturated rings. The fraction of sp³-hybridized carbons (Fsp3) is 0.571. The Morgan fingerprint density at radius 1 is 1.39 bits per heavy atom. The summed E-state index contributed by atoms with van der Waals surface area (Å²) in [5.41, 5.74) is 0.810. The average molecular weight is 274 g/mol. The summed E-state index contributed by atoms with van der Waals surface area (Å²) in [5, 5.41) is 3.98. The van der Waals surface area contributed by atoms with Gasteiger partial charge in [0, 0.05) is 24.3 Å². The first kappa shape index (κ1) is 15.4. The van der Waals surface area contributed by atoms with Gasteiger partial charge in [0.15, 0.2) is 0 Å². The van der Waals surface area contributed by atoms with Crippen molar-refractivity contribution in [1.82, 2.24) is 5.32 Å². The molecular weight excluding hydrogens is 253 g/mol. The van der Waals surface area contributed by atoms with Crippen molar-refractivity contribution in [1.29, 1.82) is 0 Å². The molecule has 4 heteroatoms. The predicted octanol–water partition coefficient (Wildman–Crippen LogP) is 3.95. The maximum atomic E-state index is 13.3. The van der Waals surface area contributed by atoms with E-state index in [-0.39, 0.29) is 11.9 Å². The molecule has 0 heterocycles. The Labute approximate surface area is 113 Å². The fourth-order valence-electron chi connectivity index (χ4n) is 1.81. The van der Waals surface area contributed by atoms with Crippen LogP contribution < -0.4 is 5.32 Å². The Morgan fingerprint density at radius 2 is 2.17 bits per heavy atom. The highest BCUT2D eigenvalue weighted by Crippen LogP contribution is 2.26. The molecule has 1 unspecified atom stereocenters. The number of rotatable bonds is 8. The van der Waals surface area contributed by atoms with Crippen molar-refractivity contribution >= 4 is 11.6 Å². The Bertz CT molecular complexity index is 360. The van der Waals surface area contributed by atoms with Crippen LogP contribution in [0.4, 0.5) is 4.39 Å². The van der Waals surface area contributed by atoms with E-state index in [1.165, 1.54) is 12.1 Å². The van der Waals surface area contributed by atoms with E-state index in [0.29, 0.717) is 18.2 Å². The lowest BCUT2D eigenvalue weighted by Crippen LogP contribution is -2.24. The van der Waals surface area contributed by atoms with Crippen LogP contribution in [0.15, 0.2) is 18.2 Å². The van der Waals surface area contributed by atoms with Crippen LogP contribution in [0.1, 0.15) is 38.3 Å². The van der Waals surface area contributed by atoms with Crippen molar-refractivity contribution in [2.45, 2.75) is 32.7 Å². The highest BCUT2D eigenvalue weighted by Gasteiger charge is 2.14. The van der Waals surface area contributed by atoms with Gasteiger partial charge in [0.2, 0.25) is 0 Å². The molecule has 0 bridgehead atoms. The molecule has 1 N–H and O–H groups in total. The van der Waals surface area contributed by atoms with E-state index in [1.807, 2.05) is 6.92 Å². The van der Waals surface area contributed by atoms with Crippen LogP contribution in [0.5, 0.6) is 0 Å². The Kier molecular flexibility index (Phi) is 7.25. The molecule has 0 aliphatic heterocycles. The molecule has 0 radical (unpaired) electrons. The summed E-state index contributed by atoms with van der Waals surface area (Å²) in [7, 11) is 0. The second-order valence-electron chi connectivity index (χ2n) is 4.16. The first-order chi connectivity index (χ1) is 8.69. The van der Waals surface area contributed by atoms with Gasteiger partial charge < -0.3 is 10.1 Å². The van der Waals surface area contributed by atoms with E-state index in [4.69, 9.17) is 16.3 Å². The highest BCUT2D eigenvalue weighted by atomic mass is 35.5. The number of hydrogen-bond acceptors (Lipinski definition) is 2. The van der Waals surface area contributed by atoms with Gasteiger partial charge >= 0.3 is 0 Å². The molecule has 0 amide bonds. The monoisotopic (exact) mass is 273 g/mol. The van der Waals surface area contributed by atoms with E-state index in [2.05, 4.69) is 12.2 Å². The smallest absolute Gasteiger partial charge is 0.123 e. The molecule has 18 heavy (non-hydrogen) atoms. The minimum absolute atomic E-state index is 0.0414. The summed E-state index contributed by atoms with van der Waals surface area (Å²) >= 11 is 6.14. The zero-order chi connectivity index (χ0) is 13.4. The largest absolute Gasteiger partial charge is 0.382 e. The van der Waals surface area contributed by atoms with Crippen molar-refractivity contribution < 1.29 is 9.13 Å². The van der Waals surface area contributed by atoms with Crippen LogP contribution in [0, 0.1) is 5.82 Å². The van der Waals surface area contributed by atoms with Crippen LogP contribution in [0.25, 0.3) is 0 Å². The predicted molar refractivity (Wildman–Crippen MR) is 73.6 cm³/mol. The summed E-state index contributed by atoms with van der Waals surface area (Å²) in [6.45, 7) is 6.27. The Hall–Kier alpha value is -0.640. The summed E-state index contributed by atoms with van der Waals surface area (Å²) in [4.78, 5) is 0. The average Bonchev–Trinajstić information content (AvgIpc) is 2.37. The van der Waals surface area contributed by atoms with Crippen molar-refractivity contribution in [3.05, 3.63) is 34.6 Å². The molecule has 0 aliphatic carbocycles. The van der Waals surface area contributed by atoms with E-state index in [1.54, 1.807) is 6.07 Å². The molecule has 1 atom stereocenters. The SMILES string of the molecule is CCCNC(CCOCC)c1cc(F)ccc1Cl. The van der Waals surface area contributed by atoms with Gasteiger partial charge in [-0.25, -0.2) is 4.39 Å². The molecule has 102 valence electrons. The third kappa shape index (κ3) is 4.92. The molecule has 0 aromatic heterocycles. The molecular formula is C14H21ClFNO. The van der Waals surface area contributed by atoms with E-state index in [9.17, 15) is 4.39 Å². The first-order valence-corrected chi connectivity index (χ1v) is 6.82. The number of hydrogen-bond donors (Lipinski definition) is 1. The minimum atomic E-state index is -0.255. The van der Waals surface area contributed by atoms with Crippen LogP contribution in [-0.4, -0.2) is 19.8 Å². The number of nitrogens with one attached hydrogen (secondary N) is 1. The van der Waals surface area contributed by atoms with Crippen molar-refractivity contribution in [3.63, 3.8) is 0 Å². The lowest BCUT2D eigenvalue weighted by Gasteiger charge is -2.20. The van der Waals surface area contributed by atoms with Crippen LogP contribution in [0.3, 0.4) is 0 Å². The maximum Gasteiger partial charge on any atom is 0.123 e. The molecule has 0 spiro atoms. The molecule has 0 aliphatic rings. The number of ether oxygens (including phenoxy) is 1. The van der Waals surface area contributed by atoms with Gasteiger partial charge in [0.1, 0.15) is 5.82 Å². The van der Waals surface area contributed by atoms with Gasteiger partial charge in [-0.05, 0) is 50.1 Å². The van der Waals surface area contributed by atoms with E-state index in [0.717, 1.165) is 24.9 Å². The Morgan fingerprint density at radius 3 is 2.83 bits per heavy atom. The third-order valence-corrected chi connectivity index (χ3v) is 3.07. The van der Waals surface area contributed by atoms with Gasteiger partial charge in [-0.1, -0.05) is 18.5 Å². The van der Waals surface area contributed by atoms with E-state index >= 15 is 0 Å². The third-order valence-electron chi connectivity index (χ3n) is 2.73. The maximum absolute atomic E-state index is 13.3. The lowest BCUT2D eigenvalue weighted by atomic mass is 10.0. The van der Waals surface area contributed by atoms with E-state index < -0.39 is 0 Å². The number of benzene rings is 1. The quantitative estimate of drug-likeness (QED) is 0.724. The van der Waals surface area contributed by atoms with Gasteiger partial charge in [0.05, 0.1) is 0 Å². The summed E-state index contributed by atoms with van der Waals surface area (Å²) < 4.78 is 18.7. The summed E-state index contributed by atoms with van der Waals surface area (Å²) in [5.74, 6) is -0.255. The summed E-state index contributed by atoms with van der Waals surface area (Å²) in [6.07, 6.45) is 1.81. The highest BCUT2D eigenvalue weighted by molar-refractivity contribution is 6.31. The van der Waals surface area contributed by atoms with Crippen molar-refractivity contribution in [3.8, 4) is 0 Å².